The zero-order chi connectivity index (χ0) is 25.3. The van der Waals surface area contributed by atoms with Crippen molar-refractivity contribution in [2.75, 3.05) is 44.2 Å². The van der Waals surface area contributed by atoms with Crippen molar-refractivity contribution in [3.05, 3.63) is 72.1 Å². The van der Waals surface area contributed by atoms with E-state index in [1.807, 2.05) is 12.4 Å². The molecule has 2 N–H and O–H groups in total. The highest BCUT2D eigenvalue weighted by atomic mass is 32.2. The van der Waals surface area contributed by atoms with E-state index in [0.29, 0.717) is 11.3 Å². The van der Waals surface area contributed by atoms with Gasteiger partial charge in [-0.05, 0) is 48.0 Å². The van der Waals surface area contributed by atoms with Gasteiger partial charge in [0.05, 0.1) is 23.6 Å². The number of rotatable bonds is 6. The van der Waals surface area contributed by atoms with Crippen molar-refractivity contribution in [1.82, 2.24) is 19.8 Å². The Bertz CT molecular complexity index is 1550. The van der Waals surface area contributed by atoms with E-state index in [0.717, 1.165) is 72.3 Å². The van der Waals surface area contributed by atoms with Crippen LogP contribution in [0.25, 0.3) is 33.3 Å². The largest absolute Gasteiger partial charge is 0.346 e. The van der Waals surface area contributed by atoms with Gasteiger partial charge < -0.3 is 9.88 Å². The van der Waals surface area contributed by atoms with Gasteiger partial charge in [-0.25, -0.2) is 13.4 Å². The van der Waals surface area contributed by atoms with Crippen molar-refractivity contribution >= 4 is 26.7 Å². The van der Waals surface area contributed by atoms with Crippen LogP contribution in [-0.2, 0) is 16.6 Å². The highest BCUT2D eigenvalue weighted by Crippen LogP contribution is 2.33. The van der Waals surface area contributed by atoms with Crippen molar-refractivity contribution in [3.63, 3.8) is 0 Å². The molecular weight excluding hydrogens is 472 g/mol. The van der Waals surface area contributed by atoms with Gasteiger partial charge in [-0.3, -0.25) is 9.62 Å². The topological polar surface area (TPSA) is 105 Å². The summed E-state index contributed by atoms with van der Waals surface area (Å²) in [5, 5.41) is 10.4. The predicted octanol–water partition coefficient (Wildman–Crippen LogP) is 3.89. The molecule has 1 fully saturated rings. The molecule has 1 aliphatic rings. The number of benzene rings is 2. The van der Waals surface area contributed by atoms with Gasteiger partial charge in [-0.1, -0.05) is 24.3 Å². The Hall–Kier alpha value is -3.71. The summed E-state index contributed by atoms with van der Waals surface area (Å²) >= 11 is 0. The number of nitrogens with zero attached hydrogens (tertiary/aromatic N) is 4. The molecule has 0 unspecified atom stereocenters. The third-order valence-corrected chi connectivity index (χ3v) is 7.10. The third-order valence-electron chi connectivity index (χ3n) is 6.50. The number of fused-ring (bicyclic) bond motifs is 1. The fourth-order valence-electron chi connectivity index (χ4n) is 4.59. The van der Waals surface area contributed by atoms with Gasteiger partial charge in [0.1, 0.15) is 5.65 Å². The monoisotopic (exact) mass is 500 g/mol. The van der Waals surface area contributed by atoms with Gasteiger partial charge in [0.25, 0.3) is 0 Å². The number of hydrogen-bond acceptors (Lipinski definition) is 6. The molecule has 9 heteroatoms. The number of pyridine rings is 1. The Kier molecular flexibility index (Phi) is 6.49. The summed E-state index contributed by atoms with van der Waals surface area (Å²) in [7, 11) is -1.31. The fraction of sp³-hybridized carbons (Fsp3) is 0.259. The Labute approximate surface area is 211 Å². The lowest BCUT2D eigenvalue weighted by Gasteiger charge is -2.32. The Morgan fingerprint density at radius 2 is 1.78 bits per heavy atom. The molecule has 184 valence electrons. The number of likely N-dealkylation sites (N-methyl/N-ethyl adjacent to an activating group) is 1. The van der Waals surface area contributed by atoms with Gasteiger partial charge in [0.2, 0.25) is 10.0 Å². The highest BCUT2D eigenvalue weighted by molar-refractivity contribution is 7.92. The first-order chi connectivity index (χ1) is 17.3. The summed E-state index contributed by atoms with van der Waals surface area (Å²) < 4.78 is 26.0. The molecule has 0 atom stereocenters. The van der Waals surface area contributed by atoms with Gasteiger partial charge in [-0.15, -0.1) is 0 Å². The van der Waals surface area contributed by atoms with Crippen LogP contribution in [0.2, 0.25) is 0 Å². The van der Waals surface area contributed by atoms with Gasteiger partial charge in [0, 0.05) is 61.6 Å². The average Bonchev–Trinajstić information content (AvgIpc) is 3.28. The van der Waals surface area contributed by atoms with E-state index in [4.69, 9.17) is 0 Å². The number of nitrogens with one attached hydrogen (secondary N) is 2. The predicted molar refractivity (Wildman–Crippen MR) is 143 cm³/mol. The molecule has 4 aromatic rings. The highest BCUT2D eigenvalue weighted by Gasteiger charge is 2.15. The number of sulfonamides is 1. The fourth-order valence-corrected chi connectivity index (χ4v) is 5.13. The summed E-state index contributed by atoms with van der Waals surface area (Å²) in [6.07, 6.45) is 4.77. The van der Waals surface area contributed by atoms with E-state index >= 15 is 0 Å². The second-order valence-electron chi connectivity index (χ2n) is 9.38. The lowest BCUT2D eigenvalue weighted by Crippen LogP contribution is -2.43. The van der Waals surface area contributed by atoms with Crippen LogP contribution < -0.4 is 4.72 Å². The minimum absolute atomic E-state index is 0.348. The molecule has 0 saturated carbocycles. The summed E-state index contributed by atoms with van der Waals surface area (Å²) in [4.78, 5) is 12.6. The van der Waals surface area contributed by atoms with Crippen LogP contribution in [0.3, 0.4) is 0 Å². The number of aromatic nitrogens is 2. The standard InChI is InChI=1S/C27H28N6O2S/c1-32-7-9-33(10-8-32)18-19-3-5-21(6-4-19)23-14-25-26(17-30-27(25)29-16-23)22-11-20(15-28)12-24(13-22)31-36(2,34)35/h3-6,11-14,16-17,31H,7-10,18H2,1-2H3,(H,29,30). The normalized spacial score (nSPS) is 15.1. The van der Waals surface area contributed by atoms with E-state index in [-0.39, 0.29) is 0 Å². The van der Waals surface area contributed by atoms with Crippen molar-refractivity contribution in [2.24, 2.45) is 0 Å². The first kappa shape index (κ1) is 24.0. The third kappa shape index (κ3) is 5.41. The van der Waals surface area contributed by atoms with Crippen molar-refractivity contribution in [2.45, 2.75) is 6.54 Å². The quantitative estimate of drug-likeness (QED) is 0.416. The molecule has 5 rings (SSSR count). The lowest BCUT2D eigenvalue weighted by atomic mass is 10.00. The maximum atomic E-state index is 11.7. The molecule has 1 aliphatic heterocycles. The number of piperazine rings is 1. The molecule has 36 heavy (non-hydrogen) atoms. The Balaban J connectivity index is 1.44. The molecule has 0 radical (unpaired) electrons. The second kappa shape index (κ2) is 9.74. The summed E-state index contributed by atoms with van der Waals surface area (Å²) in [6.45, 7) is 5.33. The SMILES string of the molecule is CN1CCN(Cc2ccc(-c3cnc4[nH]cc(-c5cc(C#N)cc(NS(C)(=O)=O)c5)c4c3)cc2)CC1. The molecule has 0 bridgehead atoms. The zero-order valence-corrected chi connectivity index (χ0v) is 21.1. The maximum Gasteiger partial charge on any atom is 0.229 e. The van der Waals surface area contributed by atoms with Crippen LogP contribution in [0.15, 0.2) is 60.9 Å². The van der Waals surface area contributed by atoms with Gasteiger partial charge in [-0.2, -0.15) is 5.26 Å². The maximum absolute atomic E-state index is 11.7. The molecule has 3 heterocycles. The Morgan fingerprint density at radius 1 is 1.03 bits per heavy atom. The molecule has 0 aliphatic carbocycles. The van der Waals surface area contributed by atoms with E-state index < -0.39 is 10.0 Å². The molecule has 0 spiro atoms. The molecular formula is C27H28N6O2S. The number of H-pyrrole nitrogens is 1. The Morgan fingerprint density at radius 3 is 2.47 bits per heavy atom. The lowest BCUT2D eigenvalue weighted by molar-refractivity contribution is 0.148. The van der Waals surface area contributed by atoms with Crippen LogP contribution in [0.5, 0.6) is 0 Å². The summed E-state index contributed by atoms with van der Waals surface area (Å²) in [5.41, 5.74) is 6.37. The van der Waals surface area contributed by atoms with Crippen LogP contribution in [0.1, 0.15) is 11.1 Å². The first-order valence-electron chi connectivity index (χ1n) is 11.8. The number of hydrogen-bond donors (Lipinski definition) is 2. The van der Waals surface area contributed by atoms with Gasteiger partial charge in [0.15, 0.2) is 0 Å². The zero-order valence-electron chi connectivity index (χ0n) is 20.3. The second-order valence-corrected chi connectivity index (χ2v) is 11.1. The molecule has 2 aromatic carbocycles. The van der Waals surface area contributed by atoms with Crippen LogP contribution in [0, 0.1) is 11.3 Å². The minimum atomic E-state index is -3.47. The number of nitriles is 1. The van der Waals surface area contributed by atoms with E-state index in [1.165, 1.54) is 11.6 Å². The summed E-state index contributed by atoms with van der Waals surface area (Å²) in [5.74, 6) is 0. The smallest absolute Gasteiger partial charge is 0.229 e. The van der Waals surface area contributed by atoms with Crippen molar-refractivity contribution in [3.8, 4) is 28.3 Å². The average molecular weight is 501 g/mol. The first-order valence-corrected chi connectivity index (χ1v) is 13.7. The number of aromatic amines is 1. The van der Waals surface area contributed by atoms with Crippen molar-refractivity contribution < 1.29 is 8.42 Å². The van der Waals surface area contributed by atoms with E-state index in [2.05, 4.69) is 67.9 Å². The molecule has 0 amide bonds. The van der Waals surface area contributed by atoms with E-state index in [9.17, 15) is 13.7 Å². The minimum Gasteiger partial charge on any atom is -0.346 e. The summed E-state index contributed by atoms with van der Waals surface area (Å²) in [6, 6.07) is 17.8. The van der Waals surface area contributed by atoms with Gasteiger partial charge >= 0.3 is 0 Å². The molecule has 8 nitrogen and oxygen atoms in total. The van der Waals surface area contributed by atoms with Crippen LogP contribution in [0.4, 0.5) is 5.69 Å². The van der Waals surface area contributed by atoms with Crippen molar-refractivity contribution in [1.29, 1.82) is 5.26 Å². The van der Waals surface area contributed by atoms with E-state index in [1.54, 1.807) is 12.1 Å². The number of anilines is 1. The molecule has 1 saturated heterocycles. The molecule has 2 aromatic heterocycles. The van der Waals surface area contributed by atoms with Crippen LogP contribution >= 0.6 is 0 Å². The van der Waals surface area contributed by atoms with Crippen LogP contribution in [-0.4, -0.2) is 67.7 Å².